The monoisotopic (exact) mass is 369 g/mol. The SMILES string of the molecule is CCc1cc(Cn2ncc(N3CCOC(CCN)C3)cc2=O)on1.Cl. The summed E-state index contributed by atoms with van der Waals surface area (Å²) in [6.45, 7) is 4.98. The molecule has 3 rings (SSSR count). The first-order valence-corrected chi connectivity index (χ1v) is 8.28. The van der Waals surface area contributed by atoms with E-state index in [2.05, 4.69) is 15.2 Å². The molecule has 25 heavy (non-hydrogen) atoms. The van der Waals surface area contributed by atoms with Gasteiger partial charge in [0.25, 0.3) is 5.56 Å². The van der Waals surface area contributed by atoms with Crippen LogP contribution in [0.2, 0.25) is 0 Å². The molecule has 0 radical (unpaired) electrons. The highest BCUT2D eigenvalue weighted by molar-refractivity contribution is 5.85. The second-order valence-corrected chi connectivity index (χ2v) is 5.86. The highest BCUT2D eigenvalue weighted by Gasteiger charge is 2.21. The van der Waals surface area contributed by atoms with Gasteiger partial charge in [-0.05, 0) is 19.4 Å². The Hall–Kier alpha value is -1.90. The zero-order valence-electron chi connectivity index (χ0n) is 14.3. The summed E-state index contributed by atoms with van der Waals surface area (Å²) in [5.41, 5.74) is 7.11. The number of aromatic nitrogens is 3. The molecule has 2 aromatic heterocycles. The Morgan fingerprint density at radius 2 is 2.24 bits per heavy atom. The number of rotatable bonds is 6. The van der Waals surface area contributed by atoms with Crippen molar-refractivity contribution in [2.45, 2.75) is 32.4 Å². The molecular weight excluding hydrogens is 346 g/mol. The van der Waals surface area contributed by atoms with Crippen LogP contribution < -0.4 is 16.2 Å². The van der Waals surface area contributed by atoms with Crippen molar-refractivity contribution in [2.24, 2.45) is 5.73 Å². The standard InChI is InChI=1S/C16H23N5O3.ClH/c1-2-12-7-15(24-19-12)11-21-16(22)8-13(9-18-21)20-5-6-23-14(10-20)3-4-17;/h7-9,14H,2-6,10-11,17H2,1H3;1H. The fourth-order valence-corrected chi connectivity index (χ4v) is 2.77. The van der Waals surface area contributed by atoms with E-state index in [-0.39, 0.29) is 30.6 Å². The summed E-state index contributed by atoms with van der Waals surface area (Å²) in [6.07, 6.45) is 3.43. The average Bonchev–Trinajstić information content (AvgIpc) is 3.05. The molecule has 3 heterocycles. The third-order valence-electron chi connectivity index (χ3n) is 4.12. The Morgan fingerprint density at radius 1 is 1.40 bits per heavy atom. The number of ether oxygens (including phenoxy) is 1. The van der Waals surface area contributed by atoms with Gasteiger partial charge in [-0.2, -0.15) is 5.10 Å². The van der Waals surface area contributed by atoms with Crippen molar-refractivity contribution in [3.63, 3.8) is 0 Å². The van der Waals surface area contributed by atoms with Gasteiger partial charge in [-0.3, -0.25) is 4.79 Å². The van der Waals surface area contributed by atoms with E-state index in [0.29, 0.717) is 18.9 Å². The molecule has 1 saturated heterocycles. The minimum Gasteiger partial charge on any atom is -0.374 e. The number of hydrogen-bond acceptors (Lipinski definition) is 7. The summed E-state index contributed by atoms with van der Waals surface area (Å²) in [4.78, 5) is 14.4. The van der Waals surface area contributed by atoms with Crippen LogP contribution in [-0.2, 0) is 17.7 Å². The minimum absolute atomic E-state index is 0. The van der Waals surface area contributed by atoms with Gasteiger partial charge in [-0.1, -0.05) is 12.1 Å². The molecule has 9 heteroatoms. The van der Waals surface area contributed by atoms with E-state index >= 15 is 0 Å². The lowest BCUT2D eigenvalue weighted by Gasteiger charge is -2.34. The summed E-state index contributed by atoms with van der Waals surface area (Å²) in [5, 5.41) is 8.19. The molecule has 1 atom stereocenters. The Morgan fingerprint density at radius 3 is 2.92 bits per heavy atom. The van der Waals surface area contributed by atoms with Gasteiger partial charge in [-0.25, -0.2) is 4.68 Å². The van der Waals surface area contributed by atoms with Crippen LogP contribution in [0.1, 0.15) is 24.8 Å². The van der Waals surface area contributed by atoms with E-state index in [1.807, 2.05) is 13.0 Å². The molecule has 1 unspecified atom stereocenters. The van der Waals surface area contributed by atoms with Crippen LogP contribution >= 0.6 is 12.4 Å². The second-order valence-electron chi connectivity index (χ2n) is 5.86. The highest BCUT2D eigenvalue weighted by Crippen LogP contribution is 2.16. The number of anilines is 1. The topological polar surface area (TPSA) is 99.4 Å². The van der Waals surface area contributed by atoms with Crippen LogP contribution in [0.4, 0.5) is 5.69 Å². The number of nitrogens with two attached hydrogens (primary N) is 1. The smallest absolute Gasteiger partial charge is 0.269 e. The molecule has 1 fully saturated rings. The number of halogens is 1. The van der Waals surface area contributed by atoms with Crippen molar-refractivity contribution in [3.05, 3.63) is 40.1 Å². The van der Waals surface area contributed by atoms with Crippen molar-refractivity contribution in [3.8, 4) is 0 Å². The molecule has 0 saturated carbocycles. The first kappa shape index (κ1) is 19.4. The van der Waals surface area contributed by atoms with Gasteiger partial charge in [0, 0.05) is 25.2 Å². The lowest BCUT2D eigenvalue weighted by molar-refractivity contribution is 0.0368. The van der Waals surface area contributed by atoms with E-state index in [4.69, 9.17) is 15.0 Å². The van der Waals surface area contributed by atoms with Crippen molar-refractivity contribution >= 4 is 18.1 Å². The van der Waals surface area contributed by atoms with E-state index in [9.17, 15) is 4.79 Å². The second kappa shape index (κ2) is 8.98. The zero-order chi connectivity index (χ0) is 16.9. The van der Waals surface area contributed by atoms with E-state index in [1.54, 1.807) is 12.3 Å². The summed E-state index contributed by atoms with van der Waals surface area (Å²) >= 11 is 0. The normalized spacial score (nSPS) is 17.4. The van der Waals surface area contributed by atoms with Crippen LogP contribution in [0.5, 0.6) is 0 Å². The number of morpholine rings is 1. The quantitative estimate of drug-likeness (QED) is 0.804. The predicted octanol–water partition coefficient (Wildman–Crippen LogP) is 0.818. The molecule has 0 amide bonds. The summed E-state index contributed by atoms with van der Waals surface area (Å²) in [6, 6.07) is 3.45. The molecule has 1 aliphatic rings. The van der Waals surface area contributed by atoms with Gasteiger partial charge in [0.1, 0.15) is 6.54 Å². The van der Waals surface area contributed by atoms with Crippen LogP contribution in [0.3, 0.4) is 0 Å². The maximum absolute atomic E-state index is 12.3. The van der Waals surface area contributed by atoms with Gasteiger partial charge >= 0.3 is 0 Å². The fourth-order valence-electron chi connectivity index (χ4n) is 2.77. The van der Waals surface area contributed by atoms with Crippen molar-refractivity contribution in [2.75, 3.05) is 31.1 Å². The number of aryl methyl sites for hydroxylation is 1. The van der Waals surface area contributed by atoms with Crippen molar-refractivity contribution in [1.29, 1.82) is 0 Å². The van der Waals surface area contributed by atoms with Crippen LogP contribution in [-0.4, -0.2) is 47.3 Å². The molecule has 8 nitrogen and oxygen atoms in total. The molecule has 0 bridgehead atoms. The predicted molar refractivity (Wildman–Crippen MR) is 96.4 cm³/mol. The molecule has 2 N–H and O–H groups in total. The fraction of sp³-hybridized carbons (Fsp3) is 0.562. The first-order valence-electron chi connectivity index (χ1n) is 8.28. The van der Waals surface area contributed by atoms with Gasteiger partial charge in [0.15, 0.2) is 5.76 Å². The third-order valence-corrected chi connectivity index (χ3v) is 4.12. The molecule has 138 valence electrons. The van der Waals surface area contributed by atoms with Gasteiger partial charge in [0.2, 0.25) is 0 Å². The van der Waals surface area contributed by atoms with Crippen LogP contribution in [0, 0.1) is 0 Å². The largest absolute Gasteiger partial charge is 0.374 e. The van der Waals surface area contributed by atoms with E-state index < -0.39 is 0 Å². The molecule has 1 aliphatic heterocycles. The lowest BCUT2D eigenvalue weighted by Crippen LogP contribution is -2.43. The Balaban J connectivity index is 0.00000225. The van der Waals surface area contributed by atoms with E-state index in [0.717, 1.165) is 37.3 Å². The zero-order valence-corrected chi connectivity index (χ0v) is 15.1. The molecule has 0 aliphatic carbocycles. The molecule has 2 aromatic rings. The molecule has 0 spiro atoms. The molecular formula is C16H24ClN5O3. The first-order chi connectivity index (χ1) is 11.7. The number of hydrogen-bond donors (Lipinski definition) is 1. The molecule has 0 aromatic carbocycles. The Bertz CT molecular complexity index is 731. The average molecular weight is 370 g/mol. The van der Waals surface area contributed by atoms with Crippen LogP contribution in [0.15, 0.2) is 27.6 Å². The lowest BCUT2D eigenvalue weighted by atomic mass is 10.2. The van der Waals surface area contributed by atoms with E-state index in [1.165, 1.54) is 4.68 Å². The van der Waals surface area contributed by atoms with Crippen molar-refractivity contribution in [1.82, 2.24) is 14.9 Å². The minimum atomic E-state index is -0.163. The summed E-state index contributed by atoms with van der Waals surface area (Å²) < 4.78 is 12.3. The summed E-state index contributed by atoms with van der Waals surface area (Å²) in [5.74, 6) is 0.628. The highest BCUT2D eigenvalue weighted by atomic mass is 35.5. The Labute approximate surface area is 152 Å². The number of nitrogens with zero attached hydrogens (tertiary/aromatic N) is 4. The van der Waals surface area contributed by atoms with Gasteiger partial charge in [0.05, 0.1) is 30.3 Å². The van der Waals surface area contributed by atoms with Crippen molar-refractivity contribution < 1.29 is 9.26 Å². The maximum Gasteiger partial charge on any atom is 0.269 e. The summed E-state index contributed by atoms with van der Waals surface area (Å²) in [7, 11) is 0. The van der Waals surface area contributed by atoms with Gasteiger partial charge in [-0.15, -0.1) is 12.4 Å². The van der Waals surface area contributed by atoms with Gasteiger partial charge < -0.3 is 19.9 Å². The van der Waals surface area contributed by atoms with Crippen LogP contribution in [0.25, 0.3) is 0 Å². The Kier molecular flexibility index (Phi) is 6.98. The third kappa shape index (κ3) is 4.81. The maximum atomic E-state index is 12.3.